The molecular weight excluding hydrogens is 196 g/mol. The molecule has 16 heavy (non-hydrogen) atoms. The Labute approximate surface area is 100 Å². The maximum atomic E-state index is 5.96. The first-order chi connectivity index (χ1) is 7.76. The van der Waals surface area contributed by atoms with E-state index >= 15 is 0 Å². The van der Waals surface area contributed by atoms with E-state index in [2.05, 4.69) is 12.2 Å². The molecule has 2 rings (SSSR count). The van der Waals surface area contributed by atoms with E-state index in [1.165, 1.54) is 57.9 Å². The summed E-state index contributed by atoms with van der Waals surface area (Å²) in [4.78, 5) is 0. The molecular formula is C14H28N2. The van der Waals surface area contributed by atoms with E-state index in [9.17, 15) is 0 Å². The van der Waals surface area contributed by atoms with Crippen LogP contribution < -0.4 is 11.1 Å². The Morgan fingerprint density at radius 1 is 1.25 bits per heavy atom. The number of hydrogen-bond acceptors (Lipinski definition) is 2. The lowest BCUT2D eigenvalue weighted by Gasteiger charge is -2.34. The molecule has 0 aliphatic heterocycles. The van der Waals surface area contributed by atoms with Crippen molar-refractivity contribution in [3.05, 3.63) is 0 Å². The second kappa shape index (κ2) is 5.50. The van der Waals surface area contributed by atoms with Gasteiger partial charge in [0.05, 0.1) is 0 Å². The van der Waals surface area contributed by atoms with Crippen molar-refractivity contribution in [1.29, 1.82) is 0 Å². The third kappa shape index (κ3) is 2.78. The van der Waals surface area contributed by atoms with E-state index in [0.29, 0.717) is 5.41 Å². The van der Waals surface area contributed by atoms with Crippen LogP contribution in [0.15, 0.2) is 0 Å². The van der Waals surface area contributed by atoms with E-state index in [4.69, 9.17) is 5.73 Å². The van der Waals surface area contributed by atoms with Crippen molar-refractivity contribution in [2.24, 2.45) is 17.1 Å². The van der Waals surface area contributed by atoms with Crippen LogP contribution in [0.3, 0.4) is 0 Å². The molecule has 0 aromatic rings. The summed E-state index contributed by atoms with van der Waals surface area (Å²) in [5, 5.41) is 3.71. The number of nitrogens with two attached hydrogens (primary N) is 1. The highest BCUT2D eigenvalue weighted by molar-refractivity contribution is 4.87. The minimum atomic E-state index is 0.492. The summed E-state index contributed by atoms with van der Waals surface area (Å²) in [7, 11) is 0. The van der Waals surface area contributed by atoms with E-state index in [-0.39, 0.29) is 0 Å². The van der Waals surface area contributed by atoms with Crippen LogP contribution in [-0.4, -0.2) is 19.1 Å². The number of hydrogen-bond donors (Lipinski definition) is 2. The van der Waals surface area contributed by atoms with Crippen LogP contribution in [-0.2, 0) is 0 Å². The van der Waals surface area contributed by atoms with Crippen molar-refractivity contribution in [3.63, 3.8) is 0 Å². The topological polar surface area (TPSA) is 38.0 Å². The first kappa shape index (κ1) is 12.4. The molecule has 0 aromatic heterocycles. The summed E-state index contributed by atoms with van der Waals surface area (Å²) >= 11 is 0. The SMILES string of the molecule is CC(NCCC1(CN)CCCC1)C1CCC1. The van der Waals surface area contributed by atoms with E-state index in [1.807, 2.05) is 0 Å². The monoisotopic (exact) mass is 224 g/mol. The zero-order chi connectivity index (χ0) is 11.4. The van der Waals surface area contributed by atoms with Crippen molar-refractivity contribution < 1.29 is 0 Å². The highest BCUT2D eigenvalue weighted by atomic mass is 14.9. The molecule has 0 bridgehead atoms. The fourth-order valence-electron chi connectivity index (χ4n) is 3.35. The largest absolute Gasteiger partial charge is 0.330 e. The molecule has 1 unspecified atom stereocenters. The molecule has 0 saturated heterocycles. The Morgan fingerprint density at radius 2 is 1.94 bits per heavy atom. The minimum absolute atomic E-state index is 0.492. The van der Waals surface area contributed by atoms with Crippen LogP contribution in [0.4, 0.5) is 0 Å². The molecule has 1 atom stereocenters. The van der Waals surface area contributed by atoms with Crippen LogP contribution in [0.1, 0.15) is 58.3 Å². The van der Waals surface area contributed by atoms with Gasteiger partial charge in [0, 0.05) is 6.04 Å². The quantitative estimate of drug-likeness (QED) is 0.728. The third-order valence-electron chi connectivity index (χ3n) is 5.08. The van der Waals surface area contributed by atoms with Gasteiger partial charge in [-0.15, -0.1) is 0 Å². The highest BCUT2D eigenvalue weighted by Crippen LogP contribution is 2.39. The zero-order valence-electron chi connectivity index (χ0n) is 10.8. The molecule has 2 aliphatic rings. The second-order valence-electron chi connectivity index (χ2n) is 6.10. The lowest BCUT2D eigenvalue weighted by molar-refractivity contribution is 0.221. The van der Waals surface area contributed by atoms with Gasteiger partial charge in [-0.2, -0.15) is 0 Å². The lowest BCUT2D eigenvalue weighted by Crippen LogP contribution is -2.40. The van der Waals surface area contributed by atoms with Gasteiger partial charge in [0.2, 0.25) is 0 Å². The highest BCUT2D eigenvalue weighted by Gasteiger charge is 2.32. The van der Waals surface area contributed by atoms with Crippen LogP contribution in [0.2, 0.25) is 0 Å². The fraction of sp³-hybridized carbons (Fsp3) is 1.00. The first-order valence-corrected chi connectivity index (χ1v) is 7.19. The normalized spacial score (nSPS) is 26.6. The van der Waals surface area contributed by atoms with Crippen LogP contribution >= 0.6 is 0 Å². The van der Waals surface area contributed by atoms with Crippen molar-refractivity contribution in [2.75, 3.05) is 13.1 Å². The average molecular weight is 224 g/mol. The van der Waals surface area contributed by atoms with Crippen molar-refractivity contribution in [2.45, 2.75) is 64.3 Å². The molecule has 2 heteroatoms. The van der Waals surface area contributed by atoms with Gasteiger partial charge in [-0.1, -0.05) is 19.3 Å². The average Bonchev–Trinajstić information content (AvgIpc) is 2.64. The molecule has 2 saturated carbocycles. The zero-order valence-corrected chi connectivity index (χ0v) is 10.8. The smallest absolute Gasteiger partial charge is 0.00670 e. The molecule has 94 valence electrons. The molecule has 0 aromatic carbocycles. The molecule has 0 amide bonds. The lowest BCUT2D eigenvalue weighted by atomic mass is 9.79. The van der Waals surface area contributed by atoms with Gasteiger partial charge in [-0.05, 0) is 63.5 Å². The Bertz CT molecular complexity index is 205. The van der Waals surface area contributed by atoms with Gasteiger partial charge in [0.1, 0.15) is 0 Å². The van der Waals surface area contributed by atoms with Gasteiger partial charge < -0.3 is 11.1 Å². The summed E-state index contributed by atoms with van der Waals surface area (Å²) in [5.74, 6) is 0.956. The Hall–Kier alpha value is -0.0800. The molecule has 2 aliphatic carbocycles. The van der Waals surface area contributed by atoms with Crippen LogP contribution in [0.25, 0.3) is 0 Å². The van der Waals surface area contributed by atoms with Gasteiger partial charge >= 0.3 is 0 Å². The van der Waals surface area contributed by atoms with Gasteiger partial charge in [-0.3, -0.25) is 0 Å². The summed E-state index contributed by atoms with van der Waals surface area (Å²) in [5.41, 5.74) is 6.45. The van der Waals surface area contributed by atoms with E-state index in [1.54, 1.807) is 0 Å². The Kier molecular flexibility index (Phi) is 4.26. The van der Waals surface area contributed by atoms with Crippen LogP contribution in [0, 0.1) is 11.3 Å². The number of nitrogens with one attached hydrogen (secondary N) is 1. The summed E-state index contributed by atoms with van der Waals surface area (Å²) in [6.45, 7) is 4.43. The van der Waals surface area contributed by atoms with Crippen molar-refractivity contribution in [1.82, 2.24) is 5.32 Å². The van der Waals surface area contributed by atoms with E-state index in [0.717, 1.165) is 18.5 Å². The molecule has 0 heterocycles. The molecule has 0 spiro atoms. The summed E-state index contributed by atoms with van der Waals surface area (Å²) < 4.78 is 0. The predicted molar refractivity (Wildman–Crippen MR) is 69.4 cm³/mol. The number of rotatable bonds is 6. The predicted octanol–water partition coefficient (Wildman–Crippen LogP) is 2.67. The third-order valence-corrected chi connectivity index (χ3v) is 5.08. The fourth-order valence-corrected chi connectivity index (χ4v) is 3.35. The molecule has 2 fully saturated rings. The van der Waals surface area contributed by atoms with Crippen molar-refractivity contribution in [3.8, 4) is 0 Å². The van der Waals surface area contributed by atoms with Gasteiger partial charge in [0.25, 0.3) is 0 Å². The molecule has 3 N–H and O–H groups in total. The summed E-state index contributed by atoms with van der Waals surface area (Å²) in [6.07, 6.45) is 11.1. The minimum Gasteiger partial charge on any atom is -0.330 e. The molecule has 2 nitrogen and oxygen atoms in total. The maximum Gasteiger partial charge on any atom is 0.00670 e. The Balaban J connectivity index is 1.66. The Morgan fingerprint density at radius 3 is 2.44 bits per heavy atom. The van der Waals surface area contributed by atoms with Crippen molar-refractivity contribution >= 4 is 0 Å². The van der Waals surface area contributed by atoms with Gasteiger partial charge in [0.15, 0.2) is 0 Å². The maximum absolute atomic E-state index is 5.96. The molecule has 0 radical (unpaired) electrons. The standard InChI is InChI=1S/C14H28N2/c1-12(13-5-4-6-13)16-10-9-14(11-15)7-2-3-8-14/h12-13,16H,2-11,15H2,1H3. The van der Waals surface area contributed by atoms with E-state index < -0.39 is 0 Å². The first-order valence-electron chi connectivity index (χ1n) is 7.19. The summed E-state index contributed by atoms with van der Waals surface area (Å²) in [6, 6.07) is 0.727. The second-order valence-corrected chi connectivity index (χ2v) is 6.10. The van der Waals surface area contributed by atoms with Crippen LogP contribution in [0.5, 0.6) is 0 Å². The van der Waals surface area contributed by atoms with Gasteiger partial charge in [-0.25, -0.2) is 0 Å².